The van der Waals surface area contributed by atoms with Crippen molar-refractivity contribution in [2.75, 3.05) is 7.11 Å². The second-order valence-corrected chi connectivity index (χ2v) is 6.65. The molecule has 3 aromatic heterocycles. The first-order chi connectivity index (χ1) is 14.3. The fourth-order valence-corrected chi connectivity index (χ4v) is 3.34. The van der Waals surface area contributed by atoms with Crippen LogP contribution in [0.15, 0.2) is 79.0 Å². The molecule has 5 rings (SSSR count). The maximum atomic E-state index is 5.22. The Morgan fingerprint density at radius 3 is 2.52 bits per heavy atom. The van der Waals surface area contributed by atoms with Gasteiger partial charge in [0, 0.05) is 11.8 Å². The molecule has 3 heterocycles. The number of hydrogen-bond donors (Lipinski definition) is 0. The summed E-state index contributed by atoms with van der Waals surface area (Å²) in [5.74, 6) is 0.839. The Hall–Kier alpha value is -3.99. The number of rotatable bonds is 4. The smallest absolute Gasteiger partial charge is 0.183 e. The number of fused-ring (bicyclic) bond motifs is 3. The molecule has 0 fully saturated rings. The van der Waals surface area contributed by atoms with E-state index in [4.69, 9.17) is 9.72 Å². The van der Waals surface area contributed by atoms with E-state index >= 15 is 0 Å². The van der Waals surface area contributed by atoms with Crippen LogP contribution in [0.2, 0.25) is 0 Å². The fourth-order valence-electron chi connectivity index (χ4n) is 3.34. The summed E-state index contributed by atoms with van der Waals surface area (Å²) in [5.41, 5.74) is 5.47. The lowest BCUT2D eigenvalue weighted by molar-refractivity contribution is 0.415. The third-order valence-electron chi connectivity index (χ3n) is 4.80. The molecule has 0 unspecified atom stereocenters. The van der Waals surface area contributed by atoms with E-state index in [9.17, 15) is 0 Å². The monoisotopic (exact) mass is 378 g/mol. The maximum Gasteiger partial charge on any atom is 0.183 e. The quantitative estimate of drug-likeness (QED) is 0.435. The second-order valence-electron chi connectivity index (χ2n) is 6.65. The molecule has 0 spiro atoms. The zero-order valence-corrected chi connectivity index (χ0v) is 15.9. The van der Waals surface area contributed by atoms with Gasteiger partial charge in [-0.05, 0) is 42.0 Å². The highest BCUT2D eigenvalue weighted by Crippen LogP contribution is 2.25. The lowest BCUT2D eigenvalue weighted by Gasteiger charge is -2.06. The molecule has 0 amide bonds. The number of ether oxygens (including phenoxy) is 1. The normalized spacial score (nSPS) is 11.5. The van der Waals surface area contributed by atoms with Crippen molar-refractivity contribution in [2.45, 2.75) is 0 Å². The van der Waals surface area contributed by atoms with Gasteiger partial charge < -0.3 is 4.74 Å². The van der Waals surface area contributed by atoms with Gasteiger partial charge >= 0.3 is 0 Å². The summed E-state index contributed by atoms with van der Waals surface area (Å²) >= 11 is 0. The van der Waals surface area contributed by atoms with E-state index in [1.165, 1.54) is 0 Å². The zero-order chi connectivity index (χ0) is 19.6. The third-order valence-corrected chi connectivity index (χ3v) is 4.80. The van der Waals surface area contributed by atoms with E-state index in [2.05, 4.69) is 22.2 Å². The second kappa shape index (κ2) is 7.20. The minimum atomic E-state index is 0.688. The van der Waals surface area contributed by atoms with E-state index in [1.54, 1.807) is 13.3 Å². The minimum Gasteiger partial charge on any atom is -0.497 e. The highest BCUT2D eigenvalue weighted by molar-refractivity contribution is 5.91. The molecular formula is C24H18N4O. The molecule has 140 valence electrons. The van der Waals surface area contributed by atoms with Crippen LogP contribution in [0, 0.1) is 0 Å². The van der Waals surface area contributed by atoms with Crippen LogP contribution >= 0.6 is 0 Å². The Morgan fingerprint density at radius 1 is 0.897 bits per heavy atom. The summed E-state index contributed by atoms with van der Waals surface area (Å²) in [5, 5.41) is 5.61. The van der Waals surface area contributed by atoms with Gasteiger partial charge in [0.1, 0.15) is 5.75 Å². The van der Waals surface area contributed by atoms with Crippen LogP contribution in [0.3, 0.4) is 0 Å². The summed E-state index contributed by atoms with van der Waals surface area (Å²) < 4.78 is 7.10. The van der Waals surface area contributed by atoms with Crippen molar-refractivity contribution in [2.24, 2.45) is 0 Å². The van der Waals surface area contributed by atoms with Crippen molar-refractivity contribution in [1.29, 1.82) is 0 Å². The lowest BCUT2D eigenvalue weighted by atomic mass is 10.1. The molecule has 0 saturated carbocycles. The van der Waals surface area contributed by atoms with Crippen LogP contribution < -0.4 is 4.74 Å². The van der Waals surface area contributed by atoms with Gasteiger partial charge in [-0.25, -0.2) is 14.5 Å². The van der Waals surface area contributed by atoms with Gasteiger partial charge in [0.25, 0.3) is 0 Å². The molecule has 0 atom stereocenters. The molecule has 29 heavy (non-hydrogen) atoms. The van der Waals surface area contributed by atoms with E-state index in [1.807, 2.05) is 77.3 Å². The number of hydrogen-bond acceptors (Lipinski definition) is 4. The third kappa shape index (κ3) is 3.23. The van der Waals surface area contributed by atoms with Crippen molar-refractivity contribution >= 4 is 28.8 Å². The molecule has 0 N–H and O–H groups in total. The van der Waals surface area contributed by atoms with Crippen molar-refractivity contribution in [3.63, 3.8) is 0 Å². The van der Waals surface area contributed by atoms with Gasteiger partial charge in [-0.15, -0.1) is 5.10 Å². The number of benzene rings is 2. The Kier molecular flexibility index (Phi) is 4.26. The minimum absolute atomic E-state index is 0.688. The van der Waals surface area contributed by atoms with E-state index in [0.29, 0.717) is 5.65 Å². The largest absolute Gasteiger partial charge is 0.497 e. The topological polar surface area (TPSA) is 52.3 Å². The molecule has 0 radical (unpaired) electrons. The summed E-state index contributed by atoms with van der Waals surface area (Å²) in [6.45, 7) is 0. The molecule has 0 bridgehead atoms. The van der Waals surface area contributed by atoms with Crippen LogP contribution in [0.25, 0.3) is 40.1 Å². The van der Waals surface area contributed by atoms with Gasteiger partial charge in [0.15, 0.2) is 11.3 Å². The van der Waals surface area contributed by atoms with Crippen LogP contribution in [-0.4, -0.2) is 26.7 Å². The first-order valence-electron chi connectivity index (χ1n) is 9.34. The van der Waals surface area contributed by atoms with Crippen molar-refractivity contribution in [1.82, 2.24) is 19.6 Å². The van der Waals surface area contributed by atoms with Crippen molar-refractivity contribution < 1.29 is 4.74 Å². The SMILES string of the molecule is COc1ccc(/C=C/c2cc(-c3ccccc3)n3nc4ncccc4c3n2)cc1. The molecule has 0 aliphatic heterocycles. The van der Waals surface area contributed by atoms with Gasteiger partial charge in [0.05, 0.1) is 23.9 Å². The molecule has 5 aromatic rings. The Balaban J connectivity index is 1.67. The number of nitrogens with zero attached hydrogens (tertiary/aromatic N) is 4. The first-order valence-corrected chi connectivity index (χ1v) is 9.34. The molecule has 5 nitrogen and oxygen atoms in total. The highest BCUT2D eigenvalue weighted by Gasteiger charge is 2.13. The molecule has 0 aliphatic carbocycles. The van der Waals surface area contributed by atoms with Gasteiger partial charge in [0.2, 0.25) is 0 Å². The average Bonchev–Trinajstić information content (AvgIpc) is 3.17. The summed E-state index contributed by atoms with van der Waals surface area (Å²) in [6.07, 6.45) is 5.81. The van der Waals surface area contributed by atoms with Crippen molar-refractivity contribution in [3.05, 3.63) is 90.3 Å². The average molecular weight is 378 g/mol. The standard InChI is InChI=1S/C24H18N4O/c1-29-20-13-10-17(11-14-20)9-12-19-16-22(18-6-3-2-4-7-18)28-24(26-19)21-8-5-15-25-23(21)27-28/h2-16H,1H3/b12-9+. The van der Waals surface area contributed by atoms with Crippen molar-refractivity contribution in [3.8, 4) is 17.0 Å². The predicted molar refractivity (Wildman–Crippen MR) is 116 cm³/mol. The highest BCUT2D eigenvalue weighted by atomic mass is 16.5. The molecular weight excluding hydrogens is 360 g/mol. The predicted octanol–water partition coefficient (Wildman–Crippen LogP) is 5.12. The Labute approximate surface area is 167 Å². The van der Waals surface area contributed by atoms with Crippen LogP contribution in [0.4, 0.5) is 0 Å². The number of pyridine rings is 1. The summed E-state index contributed by atoms with van der Waals surface area (Å²) in [7, 11) is 1.67. The van der Waals surface area contributed by atoms with Crippen LogP contribution in [-0.2, 0) is 0 Å². The molecule has 0 aliphatic rings. The van der Waals surface area contributed by atoms with Gasteiger partial charge in [-0.3, -0.25) is 0 Å². The summed E-state index contributed by atoms with van der Waals surface area (Å²) in [6, 6.07) is 24.1. The molecule has 0 saturated heterocycles. The fraction of sp³-hybridized carbons (Fsp3) is 0.0417. The van der Waals surface area contributed by atoms with Gasteiger partial charge in [-0.2, -0.15) is 0 Å². The maximum absolute atomic E-state index is 5.22. The molecule has 5 heteroatoms. The first kappa shape index (κ1) is 17.1. The lowest BCUT2D eigenvalue weighted by Crippen LogP contribution is -1.98. The van der Waals surface area contributed by atoms with Crippen LogP contribution in [0.1, 0.15) is 11.3 Å². The van der Waals surface area contributed by atoms with Gasteiger partial charge in [-0.1, -0.05) is 48.5 Å². The molecule has 2 aromatic carbocycles. The van der Waals surface area contributed by atoms with E-state index in [-0.39, 0.29) is 0 Å². The number of methoxy groups -OCH3 is 1. The van der Waals surface area contributed by atoms with E-state index in [0.717, 1.165) is 39.3 Å². The van der Waals surface area contributed by atoms with Crippen LogP contribution in [0.5, 0.6) is 5.75 Å². The zero-order valence-electron chi connectivity index (χ0n) is 15.9. The van der Waals surface area contributed by atoms with E-state index < -0.39 is 0 Å². The Morgan fingerprint density at radius 2 is 1.72 bits per heavy atom. The summed E-state index contributed by atoms with van der Waals surface area (Å²) in [4.78, 5) is 9.24. The Bertz CT molecular complexity index is 1320. The number of aromatic nitrogens is 4.